The van der Waals surface area contributed by atoms with Crippen LogP contribution in [0.1, 0.15) is 11.1 Å². The van der Waals surface area contributed by atoms with Crippen LogP contribution >= 0.6 is 0 Å². The Kier molecular flexibility index (Phi) is 6.63. The lowest BCUT2D eigenvalue weighted by Gasteiger charge is -2.34. The highest BCUT2D eigenvalue weighted by atomic mass is 19.1. The van der Waals surface area contributed by atoms with Gasteiger partial charge in [-0.05, 0) is 42.9 Å². The number of nitrogens with one attached hydrogen (secondary N) is 2. The van der Waals surface area contributed by atoms with Crippen molar-refractivity contribution in [1.29, 1.82) is 10.5 Å². The van der Waals surface area contributed by atoms with Crippen LogP contribution in [0.4, 0.5) is 33.2 Å². The Labute approximate surface area is 191 Å². The quantitative estimate of drug-likeness (QED) is 0.594. The number of anilines is 5. The Morgan fingerprint density at radius 2 is 1.82 bits per heavy atom. The number of nitriles is 2. The first-order chi connectivity index (χ1) is 16.1. The number of rotatable bonds is 6. The standard InChI is InChI=1S/C24H23FN8/c1-32-9-11-33(12-10-32)22-6-5-20(14-21(22)25)30-24-28-16-18(15-27)23(31-24)29-19-4-2-3-17(13-19)7-8-26/h2-6,13-14,16H,7,9-12H2,1H3,(H2,28,29,30,31). The minimum Gasteiger partial charge on any atom is -0.367 e. The lowest BCUT2D eigenvalue weighted by Crippen LogP contribution is -2.44. The third kappa shape index (κ3) is 5.35. The number of piperazine rings is 1. The Hall–Kier alpha value is -4.21. The lowest BCUT2D eigenvalue weighted by molar-refractivity contribution is 0.311. The molecule has 0 amide bonds. The van der Waals surface area contributed by atoms with Crippen LogP contribution in [0.3, 0.4) is 0 Å². The molecule has 0 unspecified atom stereocenters. The number of hydrogen-bond acceptors (Lipinski definition) is 8. The van der Waals surface area contributed by atoms with Crippen LogP contribution in [0.5, 0.6) is 0 Å². The molecule has 0 spiro atoms. The normalized spacial score (nSPS) is 13.8. The van der Waals surface area contributed by atoms with Crippen LogP contribution in [-0.2, 0) is 6.42 Å². The van der Waals surface area contributed by atoms with Crippen molar-refractivity contribution < 1.29 is 4.39 Å². The van der Waals surface area contributed by atoms with Gasteiger partial charge in [-0.1, -0.05) is 12.1 Å². The number of nitrogens with zero attached hydrogens (tertiary/aromatic N) is 6. The van der Waals surface area contributed by atoms with Gasteiger partial charge in [0.25, 0.3) is 0 Å². The first-order valence-electron chi connectivity index (χ1n) is 10.6. The number of benzene rings is 2. The van der Waals surface area contributed by atoms with Gasteiger partial charge in [0.05, 0.1) is 24.4 Å². The van der Waals surface area contributed by atoms with E-state index in [0.29, 0.717) is 22.9 Å². The van der Waals surface area contributed by atoms with E-state index in [0.717, 1.165) is 31.7 Å². The Morgan fingerprint density at radius 1 is 1.03 bits per heavy atom. The summed E-state index contributed by atoms with van der Waals surface area (Å²) in [4.78, 5) is 12.8. The predicted molar refractivity (Wildman–Crippen MR) is 125 cm³/mol. The van der Waals surface area contributed by atoms with Crippen molar-refractivity contribution in [3.8, 4) is 12.1 Å². The fourth-order valence-corrected chi connectivity index (χ4v) is 3.62. The molecule has 2 aromatic carbocycles. The van der Waals surface area contributed by atoms with E-state index in [1.165, 1.54) is 12.3 Å². The molecule has 2 heterocycles. The summed E-state index contributed by atoms with van der Waals surface area (Å²) in [6.45, 7) is 3.36. The van der Waals surface area contributed by atoms with E-state index in [4.69, 9.17) is 5.26 Å². The minimum atomic E-state index is -0.314. The maximum absolute atomic E-state index is 14.8. The molecule has 0 saturated carbocycles. The van der Waals surface area contributed by atoms with Gasteiger partial charge in [0, 0.05) is 37.6 Å². The summed E-state index contributed by atoms with van der Waals surface area (Å²) < 4.78 is 14.8. The molecular formula is C24H23FN8. The fraction of sp³-hybridized carbons (Fsp3) is 0.250. The van der Waals surface area contributed by atoms with Crippen molar-refractivity contribution in [2.75, 3.05) is 48.8 Å². The summed E-state index contributed by atoms with van der Waals surface area (Å²) in [5.74, 6) is 0.237. The largest absolute Gasteiger partial charge is 0.367 e. The smallest absolute Gasteiger partial charge is 0.229 e. The Balaban J connectivity index is 1.52. The van der Waals surface area contributed by atoms with E-state index < -0.39 is 0 Å². The molecule has 9 heteroatoms. The third-order valence-corrected chi connectivity index (χ3v) is 5.43. The number of hydrogen-bond donors (Lipinski definition) is 2. The van der Waals surface area contributed by atoms with Gasteiger partial charge in [0.1, 0.15) is 17.4 Å². The molecule has 4 rings (SSSR count). The highest BCUT2D eigenvalue weighted by Gasteiger charge is 2.18. The van der Waals surface area contributed by atoms with E-state index in [1.54, 1.807) is 12.1 Å². The number of halogens is 1. The van der Waals surface area contributed by atoms with Crippen LogP contribution in [0.25, 0.3) is 0 Å². The molecule has 33 heavy (non-hydrogen) atoms. The molecule has 1 aliphatic heterocycles. The second kappa shape index (κ2) is 9.94. The fourth-order valence-electron chi connectivity index (χ4n) is 3.62. The molecule has 0 radical (unpaired) electrons. The Bertz CT molecular complexity index is 1220. The zero-order chi connectivity index (χ0) is 23.2. The van der Waals surface area contributed by atoms with Gasteiger partial charge in [0.15, 0.2) is 5.82 Å². The second-order valence-electron chi connectivity index (χ2n) is 7.81. The summed E-state index contributed by atoms with van der Waals surface area (Å²) in [5.41, 5.74) is 2.91. The summed E-state index contributed by atoms with van der Waals surface area (Å²) >= 11 is 0. The van der Waals surface area contributed by atoms with Gasteiger partial charge in [-0.3, -0.25) is 0 Å². The Morgan fingerprint density at radius 3 is 2.55 bits per heavy atom. The topological polar surface area (TPSA) is 104 Å². The molecule has 3 aromatic rings. The molecule has 166 valence electrons. The van der Waals surface area contributed by atoms with Gasteiger partial charge in [-0.2, -0.15) is 15.5 Å². The summed E-state index contributed by atoms with van der Waals surface area (Å²) in [6.07, 6.45) is 1.69. The molecule has 1 saturated heterocycles. The average molecular weight is 443 g/mol. The molecule has 1 aromatic heterocycles. The van der Waals surface area contributed by atoms with Crippen LogP contribution < -0.4 is 15.5 Å². The molecule has 0 atom stereocenters. The molecule has 0 aliphatic carbocycles. The highest BCUT2D eigenvalue weighted by Crippen LogP contribution is 2.26. The molecule has 2 N–H and O–H groups in total. The van der Waals surface area contributed by atoms with E-state index in [1.807, 2.05) is 29.2 Å². The van der Waals surface area contributed by atoms with Crippen molar-refractivity contribution in [3.05, 3.63) is 65.6 Å². The molecular weight excluding hydrogens is 419 g/mol. The zero-order valence-corrected chi connectivity index (χ0v) is 18.2. The van der Waals surface area contributed by atoms with Crippen LogP contribution in [0.2, 0.25) is 0 Å². The maximum atomic E-state index is 14.8. The van der Waals surface area contributed by atoms with Crippen molar-refractivity contribution in [3.63, 3.8) is 0 Å². The summed E-state index contributed by atoms with van der Waals surface area (Å²) in [5, 5.41) is 24.5. The summed E-state index contributed by atoms with van der Waals surface area (Å²) in [6, 6.07) is 16.5. The number of aromatic nitrogens is 2. The highest BCUT2D eigenvalue weighted by molar-refractivity contribution is 5.66. The minimum absolute atomic E-state index is 0.233. The van der Waals surface area contributed by atoms with Gasteiger partial charge < -0.3 is 20.4 Å². The van der Waals surface area contributed by atoms with Crippen molar-refractivity contribution in [1.82, 2.24) is 14.9 Å². The monoisotopic (exact) mass is 442 g/mol. The van der Waals surface area contributed by atoms with E-state index in [9.17, 15) is 9.65 Å². The van der Waals surface area contributed by atoms with Gasteiger partial charge in [0.2, 0.25) is 5.95 Å². The third-order valence-electron chi connectivity index (χ3n) is 5.43. The zero-order valence-electron chi connectivity index (χ0n) is 18.2. The van der Waals surface area contributed by atoms with Crippen molar-refractivity contribution in [2.45, 2.75) is 6.42 Å². The second-order valence-corrected chi connectivity index (χ2v) is 7.81. The van der Waals surface area contributed by atoms with Crippen LogP contribution in [0, 0.1) is 28.5 Å². The van der Waals surface area contributed by atoms with Crippen LogP contribution in [-0.4, -0.2) is 48.1 Å². The predicted octanol–water partition coefficient (Wildman–Crippen LogP) is 3.79. The van der Waals surface area contributed by atoms with E-state index >= 15 is 0 Å². The molecule has 0 bridgehead atoms. The van der Waals surface area contributed by atoms with Gasteiger partial charge in [-0.25, -0.2) is 9.37 Å². The SMILES string of the molecule is CN1CCN(c2ccc(Nc3ncc(C#N)c(Nc4cccc(CC#N)c4)n3)cc2F)CC1. The first kappa shape index (κ1) is 22.0. The average Bonchev–Trinajstić information content (AvgIpc) is 2.81. The first-order valence-corrected chi connectivity index (χ1v) is 10.6. The van der Waals surface area contributed by atoms with Gasteiger partial charge in [-0.15, -0.1) is 0 Å². The molecule has 8 nitrogen and oxygen atoms in total. The molecule has 1 aliphatic rings. The number of likely N-dealkylation sites (N-methyl/N-ethyl adjacent to an activating group) is 1. The molecule has 1 fully saturated rings. The van der Waals surface area contributed by atoms with E-state index in [-0.39, 0.29) is 23.7 Å². The van der Waals surface area contributed by atoms with Gasteiger partial charge >= 0.3 is 0 Å². The van der Waals surface area contributed by atoms with Crippen molar-refractivity contribution in [2.24, 2.45) is 0 Å². The lowest BCUT2D eigenvalue weighted by atomic mass is 10.1. The van der Waals surface area contributed by atoms with Crippen LogP contribution in [0.15, 0.2) is 48.7 Å². The maximum Gasteiger partial charge on any atom is 0.229 e. The van der Waals surface area contributed by atoms with E-state index in [2.05, 4.69) is 44.7 Å². The summed E-state index contributed by atoms with van der Waals surface area (Å²) in [7, 11) is 2.06. The van der Waals surface area contributed by atoms with Crippen molar-refractivity contribution >= 4 is 28.8 Å².